The summed E-state index contributed by atoms with van der Waals surface area (Å²) in [6, 6.07) is 17.1. The Morgan fingerprint density at radius 1 is 1.14 bits per heavy atom. The van der Waals surface area contributed by atoms with Crippen LogP contribution in [0.5, 0.6) is 5.75 Å². The maximum atomic E-state index is 11.8. The van der Waals surface area contributed by atoms with Crippen molar-refractivity contribution >= 4 is 17.4 Å². The highest BCUT2D eigenvalue weighted by molar-refractivity contribution is 5.89. The molecule has 0 atom stereocenters. The number of carbonyl (C=O) groups is 1. The summed E-state index contributed by atoms with van der Waals surface area (Å²) in [5.41, 5.74) is 1.82. The lowest BCUT2D eigenvalue weighted by atomic mass is 10.3. The number of urea groups is 1. The van der Waals surface area contributed by atoms with Crippen LogP contribution in [0.25, 0.3) is 0 Å². The molecule has 5 heteroatoms. The molecule has 116 valence electrons. The quantitative estimate of drug-likeness (QED) is 0.862. The Kier molecular flexibility index (Phi) is 5.65. The van der Waals surface area contributed by atoms with Crippen molar-refractivity contribution in [1.29, 1.82) is 0 Å². The van der Waals surface area contributed by atoms with Gasteiger partial charge in [0.1, 0.15) is 5.75 Å². The third kappa shape index (κ3) is 4.70. The summed E-state index contributed by atoms with van der Waals surface area (Å²) in [6.45, 7) is 1.29. The SMILES string of the molecule is COc1cccc(NC(=O)NCCN(C)c2ccccc2)c1. The largest absolute Gasteiger partial charge is 0.497 e. The minimum absolute atomic E-state index is 0.227. The van der Waals surface area contributed by atoms with Gasteiger partial charge in [-0.25, -0.2) is 4.79 Å². The molecule has 0 aliphatic heterocycles. The fourth-order valence-corrected chi connectivity index (χ4v) is 2.02. The van der Waals surface area contributed by atoms with Crippen molar-refractivity contribution in [2.24, 2.45) is 0 Å². The van der Waals surface area contributed by atoms with Crippen molar-refractivity contribution in [2.45, 2.75) is 0 Å². The Labute approximate surface area is 130 Å². The van der Waals surface area contributed by atoms with Gasteiger partial charge in [-0.1, -0.05) is 24.3 Å². The van der Waals surface area contributed by atoms with Crippen molar-refractivity contribution < 1.29 is 9.53 Å². The number of methoxy groups -OCH3 is 1. The molecular formula is C17H21N3O2. The van der Waals surface area contributed by atoms with E-state index < -0.39 is 0 Å². The fourth-order valence-electron chi connectivity index (χ4n) is 2.02. The minimum Gasteiger partial charge on any atom is -0.497 e. The maximum Gasteiger partial charge on any atom is 0.319 e. The second-order valence-electron chi connectivity index (χ2n) is 4.87. The molecule has 5 nitrogen and oxygen atoms in total. The second-order valence-corrected chi connectivity index (χ2v) is 4.87. The topological polar surface area (TPSA) is 53.6 Å². The number of carbonyl (C=O) groups excluding carboxylic acids is 1. The number of nitrogens with one attached hydrogen (secondary N) is 2. The highest BCUT2D eigenvalue weighted by Crippen LogP contribution is 2.16. The lowest BCUT2D eigenvalue weighted by Crippen LogP contribution is -2.35. The Bertz CT molecular complexity index is 602. The van der Waals surface area contributed by atoms with Crippen LogP contribution in [0.3, 0.4) is 0 Å². The zero-order chi connectivity index (χ0) is 15.8. The van der Waals surface area contributed by atoms with E-state index in [2.05, 4.69) is 15.5 Å². The van der Waals surface area contributed by atoms with Gasteiger partial charge >= 0.3 is 6.03 Å². The molecule has 22 heavy (non-hydrogen) atoms. The van der Waals surface area contributed by atoms with Crippen LogP contribution in [0, 0.1) is 0 Å². The monoisotopic (exact) mass is 299 g/mol. The molecule has 2 rings (SSSR count). The number of para-hydroxylation sites is 1. The van der Waals surface area contributed by atoms with Crippen LogP contribution in [0.1, 0.15) is 0 Å². The van der Waals surface area contributed by atoms with Gasteiger partial charge in [0, 0.05) is 37.6 Å². The van der Waals surface area contributed by atoms with Gasteiger partial charge in [-0.15, -0.1) is 0 Å². The molecule has 0 aliphatic carbocycles. The van der Waals surface area contributed by atoms with E-state index in [-0.39, 0.29) is 6.03 Å². The Morgan fingerprint density at radius 3 is 2.64 bits per heavy atom. The van der Waals surface area contributed by atoms with Gasteiger partial charge in [-0.3, -0.25) is 0 Å². The van der Waals surface area contributed by atoms with Crippen molar-refractivity contribution in [3.63, 3.8) is 0 Å². The first-order valence-electron chi connectivity index (χ1n) is 7.14. The van der Waals surface area contributed by atoms with Crippen LogP contribution in [0.15, 0.2) is 54.6 Å². The van der Waals surface area contributed by atoms with E-state index in [9.17, 15) is 4.79 Å². The predicted octanol–water partition coefficient (Wildman–Crippen LogP) is 2.95. The number of hydrogen-bond acceptors (Lipinski definition) is 3. The van der Waals surface area contributed by atoms with E-state index in [1.165, 1.54) is 0 Å². The van der Waals surface area contributed by atoms with Gasteiger partial charge in [0.25, 0.3) is 0 Å². The van der Waals surface area contributed by atoms with E-state index in [4.69, 9.17) is 4.74 Å². The predicted molar refractivity (Wildman–Crippen MR) is 89.7 cm³/mol. The van der Waals surface area contributed by atoms with Crippen molar-refractivity contribution in [3.05, 3.63) is 54.6 Å². The van der Waals surface area contributed by atoms with E-state index in [1.54, 1.807) is 13.2 Å². The zero-order valence-corrected chi connectivity index (χ0v) is 12.9. The van der Waals surface area contributed by atoms with Crippen LogP contribution >= 0.6 is 0 Å². The highest BCUT2D eigenvalue weighted by atomic mass is 16.5. The third-order valence-corrected chi connectivity index (χ3v) is 3.26. The molecule has 0 heterocycles. The number of anilines is 2. The summed E-state index contributed by atoms with van der Waals surface area (Å²) in [4.78, 5) is 13.9. The number of amides is 2. The number of benzene rings is 2. The van der Waals surface area contributed by atoms with Crippen molar-refractivity contribution in [2.75, 3.05) is 37.5 Å². The molecule has 2 aromatic rings. The summed E-state index contributed by atoms with van der Waals surface area (Å²) in [7, 11) is 3.59. The Balaban J connectivity index is 1.76. The lowest BCUT2D eigenvalue weighted by Gasteiger charge is -2.19. The molecule has 2 aromatic carbocycles. The van der Waals surface area contributed by atoms with Crippen LogP contribution < -0.4 is 20.3 Å². The first-order valence-corrected chi connectivity index (χ1v) is 7.14. The molecule has 0 aromatic heterocycles. The van der Waals surface area contributed by atoms with Gasteiger partial charge in [0.15, 0.2) is 0 Å². The highest BCUT2D eigenvalue weighted by Gasteiger charge is 2.04. The molecule has 2 amide bonds. The van der Waals surface area contributed by atoms with Gasteiger partial charge in [0.05, 0.1) is 7.11 Å². The van der Waals surface area contributed by atoms with E-state index in [1.807, 2.05) is 55.6 Å². The van der Waals surface area contributed by atoms with Crippen LogP contribution in [0.4, 0.5) is 16.2 Å². The molecule has 0 bridgehead atoms. The van der Waals surface area contributed by atoms with Gasteiger partial charge in [0.2, 0.25) is 0 Å². The number of nitrogens with zero attached hydrogens (tertiary/aromatic N) is 1. The number of likely N-dealkylation sites (N-methyl/N-ethyl adjacent to an activating group) is 1. The summed E-state index contributed by atoms with van der Waals surface area (Å²) in [5.74, 6) is 0.710. The van der Waals surface area contributed by atoms with Crippen LogP contribution in [0.2, 0.25) is 0 Å². The molecule has 0 spiro atoms. The van der Waals surface area contributed by atoms with Crippen LogP contribution in [-0.4, -0.2) is 33.3 Å². The average molecular weight is 299 g/mol. The average Bonchev–Trinajstić information content (AvgIpc) is 2.55. The summed E-state index contributed by atoms with van der Waals surface area (Å²) < 4.78 is 5.12. The minimum atomic E-state index is -0.227. The molecule has 2 N–H and O–H groups in total. The molecule has 0 fully saturated rings. The summed E-state index contributed by atoms with van der Waals surface area (Å²) in [5, 5.41) is 5.62. The second kappa shape index (κ2) is 7.93. The van der Waals surface area contributed by atoms with E-state index in [0.717, 1.165) is 12.2 Å². The number of ether oxygens (including phenoxy) is 1. The van der Waals surface area contributed by atoms with Gasteiger partial charge in [-0.05, 0) is 24.3 Å². The lowest BCUT2D eigenvalue weighted by molar-refractivity contribution is 0.252. The van der Waals surface area contributed by atoms with Crippen molar-refractivity contribution in [3.8, 4) is 5.75 Å². The zero-order valence-electron chi connectivity index (χ0n) is 12.9. The summed E-state index contributed by atoms with van der Waals surface area (Å²) >= 11 is 0. The van der Waals surface area contributed by atoms with Gasteiger partial charge < -0.3 is 20.3 Å². The molecule has 0 unspecified atom stereocenters. The standard InChI is InChI=1S/C17H21N3O2/c1-20(15-8-4-3-5-9-15)12-11-18-17(21)19-14-7-6-10-16(13-14)22-2/h3-10,13H,11-12H2,1-2H3,(H2,18,19,21). The molecular weight excluding hydrogens is 278 g/mol. The maximum absolute atomic E-state index is 11.8. The molecule has 0 radical (unpaired) electrons. The van der Waals surface area contributed by atoms with Crippen molar-refractivity contribution in [1.82, 2.24) is 5.32 Å². The first kappa shape index (κ1) is 15.7. The van der Waals surface area contributed by atoms with Crippen LogP contribution in [-0.2, 0) is 0 Å². The number of rotatable bonds is 6. The third-order valence-electron chi connectivity index (χ3n) is 3.26. The van der Waals surface area contributed by atoms with E-state index >= 15 is 0 Å². The Hall–Kier alpha value is -2.69. The smallest absolute Gasteiger partial charge is 0.319 e. The van der Waals surface area contributed by atoms with E-state index in [0.29, 0.717) is 18.0 Å². The number of hydrogen-bond donors (Lipinski definition) is 2. The molecule has 0 saturated carbocycles. The fraction of sp³-hybridized carbons (Fsp3) is 0.235. The van der Waals surface area contributed by atoms with Gasteiger partial charge in [-0.2, -0.15) is 0 Å². The normalized spacial score (nSPS) is 9.91. The first-order chi connectivity index (χ1) is 10.7. The molecule has 0 aliphatic rings. The summed E-state index contributed by atoms with van der Waals surface area (Å²) in [6.07, 6.45) is 0. The molecule has 0 saturated heterocycles. The Morgan fingerprint density at radius 2 is 1.91 bits per heavy atom.